The monoisotopic (exact) mass is 288 g/mol. The van der Waals surface area contributed by atoms with E-state index in [1.54, 1.807) is 11.3 Å². The molecule has 14 heavy (non-hydrogen) atoms. The molecule has 1 aromatic heterocycles. The smallest absolute Gasteiger partial charge is 0.0699 e. The molecule has 1 nitrogen and oxygen atoms in total. The number of fused-ring (bicyclic) bond motifs is 1. The Labute approximate surface area is 100 Å². The highest BCUT2D eigenvalue weighted by atomic mass is 79.9. The number of rotatable bonds is 2. The Bertz CT molecular complexity index is 464. The number of aliphatic hydroxyl groups excluding tert-OH is 1. The van der Waals surface area contributed by atoms with Crippen molar-refractivity contribution in [1.29, 1.82) is 0 Å². The van der Waals surface area contributed by atoms with Gasteiger partial charge in [0, 0.05) is 20.5 Å². The third-order valence-corrected chi connectivity index (χ3v) is 4.18. The summed E-state index contributed by atoms with van der Waals surface area (Å²) in [5.74, 6) is 0. The van der Waals surface area contributed by atoms with E-state index in [9.17, 15) is 5.11 Å². The van der Waals surface area contributed by atoms with Crippen molar-refractivity contribution in [2.24, 2.45) is 0 Å². The molecule has 1 heterocycles. The van der Waals surface area contributed by atoms with Gasteiger partial charge in [0.25, 0.3) is 0 Å². The maximum absolute atomic E-state index is 9.34. The fourth-order valence-corrected chi connectivity index (χ4v) is 3.67. The summed E-state index contributed by atoms with van der Waals surface area (Å²) in [6, 6.07) is 4.10. The molecular formula is C10H9BrOS2. The SMILES string of the molecule is OCc1c(CBr)c(S)cc2ccsc12. The number of hydrogen-bond donors (Lipinski definition) is 2. The number of halogens is 1. The van der Waals surface area contributed by atoms with Gasteiger partial charge in [0.05, 0.1) is 6.61 Å². The maximum Gasteiger partial charge on any atom is 0.0699 e. The van der Waals surface area contributed by atoms with Crippen molar-refractivity contribution in [2.75, 3.05) is 0 Å². The summed E-state index contributed by atoms with van der Waals surface area (Å²) < 4.78 is 1.17. The maximum atomic E-state index is 9.34. The number of alkyl halides is 1. The van der Waals surface area contributed by atoms with E-state index in [4.69, 9.17) is 0 Å². The zero-order chi connectivity index (χ0) is 10.1. The first-order chi connectivity index (χ1) is 6.77. The highest BCUT2D eigenvalue weighted by Gasteiger charge is 2.10. The van der Waals surface area contributed by atoms with Crippen molar-refractivity contribution in [2.45, 2.75) is 16.8 Å². The third kappa shape index (κ3) is 1.60. The van der Waals surface area contributed by atoms with Crippen molar-refractivity contribution in [3.8, 4) is 0 Å². The molecule has 1 N–H and O–H groups in total. The first kappa shape index (κ1) is 10.5. The van der Waals surface area contributed by atoms with Crippen LogP contribution in [0.25, 0.3) is 10.1 Å². The second-order valence-corrected chi connectivity index (χ2v) is 4.94. The molecule has 0 saturated heterocycles. The molecule has 4 heteroatoms. The summed E-state index contributed by atoms with van der Waals surface area (Å²) in [7, 11) is 0. The number of thiophene rings is 1. The molecule has 74 valence electrons. The van der Waals surface area contributed by atoms with Crippen LogP contribution in [-0.2, 0) is 11.9 Å². The number of thiol groups is 1. The van der Waals surface area contributed by atoms with Gasteiger partial charge in [-0.3, -0.25) is 0 Å². The average molecular weight is 289 g/mol. The van der Waals surface area contributed by atoms with Gasteiger partial charge in [0.1, 0.15) is 0 Å². The third-order valence-electron chi connectivity index (χ3n) is 2.23. The Kier molecular flexibility index (Phi) is 3.17. The molecule has 2 rings (SSSR count). The van der Waals surface area contributed by atoms with Crippen molar-refractivity contribution in [1.82, 2.24) is 0 Å². The fourth-order valence-electron chi connectivity index (χ4n) is 1.52. The van der Waals surface area contributed by atoms with Crippen molar-refractivity contribution < 1.29 is 5.11 Å². The van der Waals surface area contributed by atoms with Gasteiger partial charge < -0.3 is 5.11 Å². The highest BCUT2D eigenvalue weighted by molar-refractivity contribution is 9.08. The van der Waals surface area contributed by atoms with Crippen LogP contribution >= 0.6 is 39.9 Å². The van der Waals surface area contributed by atoms with Gasteiger partial charge in [-0.1, -0.05) is 15.9 Å². The van der Waals surface area contributed by atoms with Crippen LogP contribution in [0.3, 0.4) is 0 Å². The molecule has 0 aliphatic rings. The van der Waals surface area contributed by atoms with Crippen LogP contribution in [0.15, 0.2) is 22.4 Å². The zero-order valence-electron chi connectivity index (χ0n) is 7.33. The second kappa shape index (κ2) is 4.23. The second-order valence-electron chi connectivity index (χ2n) is 2.98. The Hall–Kier alpha value is -0.0300. The van der Waals surface area contributed by atoms with E-state index in [-0.39, 0.29) is 6.61 Å². The minimum Gasteiger partial charge on any atom is -0.392 e. The van der Waals surface area contributed by atoms with Crippen LogP contribution in [0.5, 0.6) is 0 Å². The van der Waals surface area contributed by atoms with Crippen LogP contribution in [0.2, 0.25) is 0 Å². The van der Waals surface area contributed by atoms with Crippen molar-refractivity contribution in [3.63, 3.8) is 0 Å². The molecule has 2 aromatic rings. The molecule has 0 saturated carbocycles. The van der Waals surface area contributed by atoms with Gasteiger partial charge in [0.15, 0.2) is 0 Å². The summed E-state index contributed by atoms with van der Waals surface area (Å²) in [5, 5.41) is 13.3. The Morgan fingerprint density at radius 2 is 2.21 bits per heavy atom. The van der Waals surface area contributed by atoms with Crippen molar-refractivity contribution >= 4 is 50.0 Å². The fraction of sp³-hybridized carbons (Fsp3) is 0.200. The lowest BCUT2D eigenvalue weighted by Gasteiger charge is -2.08. The Balaban J connectivity index is 2.82. The minimum absolute atomic E-state index is 0.0757. The van der Waals surface area contributed by atoms with Gasteiger partial charge in [-0.25, -0.2) is 0 Å². The van der Waals surface area contributed by atoms with E-state index < -0.39 is 0 Å². The number of benzene rings is 1. The largest absolute Gasteiger partial charge is 0.392 e. The van der Waals surface area contributed by atoms with Crippen molar-refractivity contribution in [3.05, 3.63) is 28.6 Å². The van der Waals surface area contributed by atoms with Gasteiger partial charge in [-0.15, -0.1) is 24.0 Å². The van der Waals surface area contributed by atoms with Crippen LogP contribution in [-0.4, -0.2) is 5.11 Å². The van der Waals surface area contributed by atoms with Gasteiger partial charge in [0.2, 0.25) is 0 Å². The first-order valence-corrected chi connectivity index (χ1v) is 6.60. The first-order valence-electron chi connectivity index (χ1n) is 4.15. The summed E-state index contributed by atoms with van der Waals surface area (Å²) in [4.78, 5) is 0.942. The molecule has 0 bridgehead atoms. The molecule has 0 amide bonds. The zero-order valence-corrected chi connectivity index (χ0v) is 10.6. The summed E-state index contributed by atoms with van der Waals surface area (Å²) in [6.07, 6.45) is 0. The van der Waals surface area contributed by atoms with E-state index >= 15 is 0 Å². The predicted octanol–water partition coefficient (Wildman–Crippen LogP) is 3.58. The molecule has 0 spiro atoms. The number of aliphatic hydroxyl groups is 1. The van der Waals surface area contributed by atoms with Gasteiger partial charge in [-0.05, 0) is 28.5 Å². The van der Waals surface area contributed by atoms with E-state index in [1.165, 1.54) is 4.70 Å². The molecular weight excluding hydrogens is 280 g/mol. The summed E-state index contributed by atoms with van der Waals surface area (Å²) >= 11 is 9.50. The molecule has 0 fully saturated rings. The highest BCUT2D eigenvalue weighted by Crippen LogP contribution is 2.33. The topological polar surface area (TPSA) is 20.2 Å². The van der Waals surface area contributed by atoms with Gasteiger partial charge in [-0.2, -0.15) is 0 Å². The Morgan fingerprint density at radius 1 is 1.43 bits per heavy atom. The van der Waals surface area contributed by atoms with E-state index in [1.807, 2.05) is 11.4 Å². The quantitative estimate of drug-likeness (QED) is 0.639. The van der Waals surface area contributed by atoms with Gasteiger partial charge >= 0.3 is 0 Å². The lowest BCUT2D eigenvalue weighted by atomic mass is 10.1. The Morgan fingerprint density at radius 3 is 2.86 bits per heavy atom. The van der Waals surface area contributed by atoms with E-state index in [0.717, 1.165) is 26.7 Å². The molecule has 0 unspecified atom stereocenters. The predicted molar refractivity (Wildman–Crippen MR) is 67.6 cm³/mol. The minimum atomic E-state index is 0.0757. The average Bonchev–Trinajstić information content (AvgIpc) is 2.62. The standard InChI is InChI=1S/C10H9BrOS2/c11-4-7-8(5-12)10-6(1-2-14-10)3-9(7)13/h1-3,12-13H,4-5H2. The van der Waals surface area contributed by atoms with Crippen LogP contribution in [0.4, 0.5) is 0 Å². The van der Waals surface area contributed by atoms with Crippen LogP contribution in [0, 0.1) is 0 Å². The summed E-state index contributed by atoms with van der Waals surface area (Å²) in [5.41, 5.74) is 2.09. The molecule has 0 atom stereocenters. The summed E-state index contributed by atoms with van der Waals surface area (Å²) in [6.45, 7) is 0.0757. The molecule has 0 aliphatic carbocycles. The van der Waals surface area contributed by atoms with E-state index in [0.29, 0.717) is 0 Å². The lowest BCUT2D eigenvalue weighted by molar-refractivity contribution is 0.282. The lowest BCUT2D eigenvalue weighted by Crippen LogP contribution is -1.93. The van der Waals surface area contributed by atoms with Crippen LogP contribution in [0.1, 0.15) is 11.1 Å². The molecule has 0 aliphatic heterocycles. The number of hydrogen-bond acceptors (Lipinski definition) is 3. The normalized spacial score (nSPS) is 11.1. The molecule has 1 aromatic carbocycles. The molecule has 0 radical (unpaired) electrons. The van der Waals surface area contributed by atoms with Crippen LogP contribution < -0.4 is 0 Å². The van der Waals surface area contributed by atoms with E-state index in [2.05, 4.69) is 34.6 Å².